The monoisotopic (exact) mass is 409 g/mol. The second kappa shape index (κ2) is 8.06. The molecule has 7 nitrogen and oxygen atoms in total. The first-order chi connectivity index (χ1) is 14.5. The fraction of sp³-hybridized carbons (Fsp3) is 0.273. The van der Waals surface area contributed by atoms with Gasteiger partial charge in [0.1, 0.15) is 18.5 Å². The van der Waals surface area contributed by atoms with Gasteiger partial charge in [0.2, 0.25) is 5.91 Å². The molecule has 2 heterocycles. The Morgan fingerprint density at radius 2 is 1.90 bits per heavy atom. The fourth-order valence-corrected chi connectivity index (χ4v) is 3.75. The van der Waals surface area contributed by atoms with Crippen LogP contribution in [0.2, 0.25) is 0 Å². The second-order valence-corrected chi connectivity index (χ2v) is 7.14. The van der Waals surface area contributed by atoms with Crippen molar-refractivity contribution in [2.45, 2.75) is 32.4 Å². The summed E-state index contributed by atoms with van der Waals surface area (Å²) in [4.78, 5) is 43.4. The van der Waals surface area contributed by atoms with Crippen molar-refractivity contribution in [3.63, 3.8) is 0 Å². The first kappa shape index (κ1) is 19.8. The predicted molar refractivity (Wildman–Crippen MR) is 108 cm³/mol. The summed E-state index contributed by atoms with van der Waals surface area (Å²) in [5.41, 5.74) is 0.541. The maximum Gasteiger partial charge on any atom is 0.329 e. The molecule has 1 saturated heterocycles. The number of carbonyl (C=O) groups is 2. The van der Waals surface area contributed by atoms with Crippen LogP contribution in [0.15, 0.2) is 53.3 Å². The lowest BCUT2D eigenvalue weighted by Crippen LogP contribution is -2.40. The van der Waals surface area contributed by atoms with E-state index in [1.165, 1.54) is 40.7 Å². The maximum absolute atomic E-state index is 13.4. The molecule has 8 heteroatoms. The van der Waals surface area contributed by atoms with Gasteiger partial charge < -0.3 is 9.64 Å². The molecule has 0 aliphatic carbocycles. The Kier molecular flexibility index (Phi) is 5.31. The third-order valence-corrected chi connectivity index (χ3v) is 5.20. The standard InChI is InChI=1S/C22H20FN3O4/c1-14(27)25-12-4-7-19(25)22(29)30-13-20-24-18-6-3-2-5-17(18)21(28)26(20)16-10-8-15(23)9-11-16/h2-3,5-6,8-11,19H,4,7,12-13H2,1H3/t19-/m0/s1. The van der Waals surface area contributed by atoms with Crippen molar-refractivity contribution in [3.05, 3.63) is 70.5 Å². The van der Waals surface area contributed by atoms with Crippen LogP contribution in [0.3, 0.4) is 0 Å². The molecule has 0 spiro atoms. The van der Waals surface area contributed by atoms with Gasteiger partial charge in [-0.15, -0.1) is 0 Å². The van der Waals surface area contributed by atoms with E-state index in [1.807, 2.05) is 0 Å². The molecule has 1 aliphatic rings. The number of hydrogen-bond donors (Lipinski definition) is 0. The van der Waals surface area contributed by atoms with Crippen molar-refractivity contribution >= 4 is 22.8 Å². The molecule has 30 heavy (non-hydrogen) atoms. The summed E-state index contributed by atoms with van der Waals surface area (Å²) >= 11 is 0. The molecule has 0 radical (unpaired) electrons. The molecule has 1 atom stereocenters. The lowest BCUT2D eigenvalue weighted by atomic mass is 10.2. The number of amides is 1. The third kappa shape index (κ3) is 3.68. The molecule has 1 aliphatic heterocycles. The number of rotatable bonds is 4. The van der Waals surface area contributed by atoms with Crippen LogP contribution in [0.25, 0.3) is 16.6 Å². The zero-order chi connectivity index (χ0) is 21.3. The highest BCUT2D eigenvalue weighted by molar-refractivity contribution is 5.84. The van der Waals surface area contributed by atoms with Gasteiger partial charge in [-0.25, -0.2) is 14.2 Å². The summed E-state index contributed by atoms with van der Waals surface area (Å²) < 4.78 is 20.1. The molecule has 154 valence electrons. The van der Waals surface area contributed by atoms with Crippen LogP contribution in [-0.4, -0.2) is 38.9 Å². The Morgan fingerprint density at radius 3 is 2.63 bits per heavy atom. The molecule has 4 rings (SSSR count). The molecule has 1 amide bonds. The number of benzene rings is 2. The van der Waals surface area contributed by atoms with E-state index in [0.29, 0.717) is 29.6 Å². The first-order valence-electron chi connectivity index (χ1n) is 9.66. The van der Waals surface area contributed by atoms with Gasteiger partial charge in [-0.2, -0.15) is 0 Å². The van der Waals surface area contributed by atoms with E-state index in [9.17, 15) is 18.8 Å². The molecule has 0 saturated carbocycles. The van der Waals surface area contributed by atoms with Crippen LogP contribution in [0.5, 0.6) is 0 Å². The quantitative estimate of drug-likeness (QED) is 0.619. The number of fused-ring (bicyclic) bond motifs is 1. The normalized spacial score (nSPS) is 16.1. The van der Waals surface area contributed by atoms with E-state index in [2.05, 4.69) is 4.98 Å². The second-order valence-electron chi connectivity index (χ2n) is 7.14. The van der Waals surface area contributed by atoms with Gasteiger partial charge in [0, 0.05) is 13.5 Å². The smallest absolute Gasteiger partial charge is 0.329 e. The van der Waals surface area contributed by atoms with Crippen molar-refractivity contribution < 1.29 is 18.7 Å². The van der Waals surface area contributed by atoms with E-state index in [1.54, 1.807) is 24.3 Å². The molecule has 0 unspecified atom stereocenters. The SMILES string of the molecule is CC(=O)N1CCC[C@H]1C(=O)OCc1nc2ccccc2c(=O)n1-c1ccc(F)cc1. The molecular formula is C22H20FN3O4. The topological polar surface area (TPSA) is 81.5 Å². The number of likely N-dealkylation sites (tertiary alicyclic amines) is 1. The van der Waals surface area contributed by atoms with Crippen LogP contribution in [0.1, 0.15) is 25.6 Å². The van der Waals surface area contributed by atoms with Gasteiger partial charge in [-0.3, -0.25) is 14.2 Å². The first-order valence-corrected chi connectivity index (χ1v) is 9.66. The Balaban J connectivity index is 1.70. The number of nitrogens with zero attached hydrogens (tertiary/aromatic N) is 3. The van der Waals surface area contributed by atoms with Gasteiger partial charge in [0.15, 0.2) is 5.82 Å². The van der Waals surface area contributed by atoms with Crippen molar-refractivity contribution in [2.24, 2.45) is 0 Å². The van der Waals surface area contributed by atoms with Crippen LogP contribution in [0.4, 0.5) is 4.39 Å². The Labute approximate surface area is 171 Å². The summed E-state index contributed by atoms with van der Waals surface area (Å²) in [6.07, 6.45) is 1.27. The summed E-state index contributed by atoms with van der Waals surface area (Å²) in [5, 5.41) is 0.399. The zero-order valence-corrected chi connectivity index (χ0v) is 16.4. The zero-order valence-electron chi connectivity index (χ0n) is 16.4. The highest BCUT2D eigenvalue weighted by Crippen LogP contribution is 2.20. The number of hydrogen-bond acceptors (Lipinski definition) is 5. The van der Waals surface area contributed by atoms with Gasteiger partial charge in [0.25, 0.3) is 5.56 Å². The molecule has 1 fully saturated rings. The third-order valence-electron chi connectivity index (χ3n) is 5.20. The largest absolute Gasteiger partial charge is 0.456 e. The predicted octanol–water partition coefficient (Wildman–Crippen LogP) is 2.58. The summed E-state index contributed by atoms with van der Waals surface area (Å²) in [5.74, 6) is -0.928. The van der Waals surface area contributed by atoms with E-state index in [-0.39, 0.29) is 23.9 Å². The highest BCUT2D eigenvalue weighted by atomic mass is 19.1. The molecule has 0 bridgehead atoms. The number of esters is 1. The maximum atomic E-state index is 13.4. The van der Waals surface area contributed by atoms with E-state index in [4.69, 9.17) is 4.74 Å². The summed E-state index contributed by atoms with van der Waals surface area (Å²) in [7, 11) is 0. The molecule has 0 N–H and O–H groups in total. The number of para-hydroxylation sites is 1. The van der Waals surface area contributed by atoms with Gasteiger partial charge in [0.05, 0.1) is 16.6 Å². The summed E-state index contributed by atoms with van der Waals surface area (Å²) in [6, 6.07) is 11.6. The average molecular weight is 409 g/mol. The van der Waals surface area contributed by atoms with E-state index >= 15 is 0 Å². The number of ether oxygens (including phenoxy) is 1. The van der Waals surface area contributed by atoms with Crippen molar-refractivity contribution in [1.82, 2.24) is 14.5 Å². The number of halogens is 1. The van der Waals surface area contributed by atoms with E-state index < -0.39 is 17.8 Å². The molecule has 3 aromatic rings. The van der Waals surface area contributed by atoms with Crippen LogP contribution in [-0.2, 0) is 20.9 Å². The van der Waals surface area contributed by atoms with Crippen LogP contribution in [0, 0.1) is 5.82 Å². The minimum absolute atomic E-state index is 0.179. The molecular weight excluding hydrogens is 389 g/mol. The minimum Gasteiger partial charge on any atom is -0.456 e. The minimum atomic E-state index is -0.631. The van der Waals surface area contributed by atoms with Crippen LogP contribution >= 0.6 is 0 Å². The number of carbonyl (C=O) groups excluding carboxylic acids is 2. The lowest BCUT2D eigenvalue weighted by Gasteiger charge is -2.22. The van der Waals surface area contributed by atoms with E-state index in [0.717, 1.165) is 6.42 Å². The average Bonchev–Trinajstić information content (AvgIpc) is 3.24. The van der Waals surface area contributed by atoms with Gasteiger partial charge in [-0.1, -0.05) is 12.1 Å². The van der Waals surface area contributed by atoms with Gasteiger partial charge in [-0.05, 0) is 49.2 Å². The Hall–Kier alpha value is -3.55. The summed E-state index contributed by atoms with van der Waals surface area (Å²) in [6.45, 7) is 1.69. The number of aromatic nitrogens is 2. The Bertz CT molecular complexity index is 1170. The van der Waals surface area contributed by atoms with Crippen LogP contribution < -0.4 is 5.56 Å². The molecule has 2 aromatic carbocycles. The van der Waals surface area contributed by atoms with Gasteiger partial charge >= 0.3 is 5.97 Å². The fourth-order valence-electron chi connectivity index (χ4n) is 3.75. The van der Waals surface area contributed by atoms with Crippen molar-refractivity contribution in [3.8, 4) is 5.69 Å². The Morgan fingerprint density at radius 1 is 1.17 bits per heavy atom. The van der Waals surface area contributed by atoms with Crippen molar-refractivity contribution in [1.29, 1.82) is 0 Å². The molecule has 1 aromatic heterocycles. The highest BCUT2D eigenvalue weighted by Gasteiger charge is 2.33. The lowest BCUT2D eigenvalue weighted by molar-refractivity contribution is -0.154. The van der Waals surface area contributed by atoms with Crippen molar-refractivity contribution in [2.75, 3.05) is 6.54 Å².